The summed E-state index contributed by atoms with van der Waals surface area (Å²) in [7, 11) is 0. The molecule has 10 heavy (non-hydrogen) atoms. The van der Waals surface area contributed by atoms with Gasteiger partial charge in [0.2, 0.25) is 9.70 Å². The SMILES string of the molecule is CC(=O)NC(O)C(Cl)(Cl)Cl. The fourth-order valence-electron chi connectivity index (χ4n) is 0.274. The molecule has 0 radical (unpaired) electrons. The van der Waals surface area contributed by atoms with Crippen molar-refractivity contribution >= 4 is 40.7 Å². The molecule has 0 bridgehead atoms. The zero-order chi connectivity index (χ0) is 8.36. The summed E-state index contributed by atoms with van der Waals surface area (Å²) in [6.07, 6.45) is -1.46. The van der Waals surface area contributed by atoms with Gasteiger partial charge in [-0.05, 0) is 0 Å². The average molecular weight is 206 g/mol. The van der Waals surface area contributed by atoms with E-state index in [-0.39, 0.29) is 0 Å². The van der Waals surface area contributed by atoms with E-state index in [0.717, 1.165) is 0 Å². The molecule has 0 saturated heterocycles. The Balaban J connectivity index is 3.85. The van der Waals surface area contributed by atoms with Crippen LogP contribution in [0.1, 0.15) is 6.92 Å². The molecule has 0 heterocycles. The van der Waals surface area contributed by atoms with Gasteiger partial charge in [0, 0.05) is 6.92 Å². The maximum absolute atomic E-state index is 10.3. The van der Waals surface area contributed by atoms with Gasteiger partial charge in [0.15, 0.2) is 6.23 Å². The van der Waals surface area contributed by atoms with Gasteiger partial charge < -0.3 is 10.4 Å². The van der Waals surface area contributed by atoms with E-state index in [4.69, 9.17) is 39.9 Å². The minimum absolute atomic E-state index is 0.459. The first-order chi connectivity index (χ1) is 4.34. The summed E-state index contributed by atoms with van der Waals surface area (Å²) >= 11 is 15.6. The van der Waals surface area contributed by atoms with Crippen molar-refractivity contribution in [3.8, 4) is 0 Å². The Hall–Kier alpha value is 0.300. The number of aliphatic hydroxyl groups excluding tert-OH is 1. The van der Waals surface area contributed by atoms with E-state index in [1.54, 1.807) is 0 Å². The van der Waals surface area contributed by atoms with Crippen molar-refractivity contribution in [3.05, 3.63) is 0 Å². The van der Waals surface area contributed by atoms with Crippen molar-refractivity contribution in [2.24, 2.45) is 0 Å². The van der Waals surface area contributed by atoms with Crippen LogP contribution in [0.25, 0.3) is 0 Å². The highest BCUT2D eigenvalue weighted by atomic mass is 35.6. The van der Waals surface area contributed by atoms with Crippen LogP contribution in [0.4, 0.5) is 0 Å². The number of rotatable bonds is 1. The Kier molecular flexibility index (Phi) is 3.73. The van der Waals surface area contributed by atoms with Crippen molar-refractivity contribution < 1.29 is 9.90 Å². The lowest BCUT2D eigenvalue weighted by Crippen LogP contribution is -2.42. The van der Waals surface area contributed by atoms with Crippen LogP contribution in [-0.4, -0.2) is 21.0 Å². The standard InChI is InChI=1S/C4H6Cl3NO2/c1-2(9)8-3(10)4(5,6)7/h3,10H,1H3,(H,8,9). The number of alkyl halides is 3. The molecule has 60 valence electrons. The number of hydrogen-bond acceptors (Lipinski definition) is 2. The first-order valence-corrected chi connectivity index (χ1v) is 3.49. The zero-order valence-corrected chi connectivity index (χ0v) is 7.33. The largest absolute Gasteiger partial charge is 0.369 e. The van der Waals surface area contributed by atoms with E-state index in [1.165, 1.54) is 6.92 Å². The van der Waals surface area contributed by atoms with E-state index in [0.29, 0.717) is 0 Å². The van der Waals surface area contributed by atoms with E-state index in [2.05, 4.69) is 0 Å². The minimum Gasteiger partial charge on any atom is -0.369 e. The molecule has 0 aromatic heterocycles. The van der Waals surface area contributed by atoms with Gasteiger partial charge >= 0.3 is 0 Å². The maximum atomic E-state index is 10.3. The third-order valence-electron chi connectivity index (χ3n) is 0.650. The summed E-state index contributed by atoms with van der Waals surface area (Å²) in [6, 6.07) is 0. The van der Waals surface area contributed by atoms with E-state index < -0.39 is 15.9 Å². The molecule has 0 fully saturated rings. The summed E-state index contributed by atoms with van der Waals surface area (Å²) in [5.74, 6) is -0.459. The van der Waals surface area contributed by atoms with Crippen LogP contribution in [0.5, 0.6) is 0 Å². The van der Waals surface area contributed by atoms with Crippen molar-refractivity contribution in [3.63, 3.8) is 0 Å². The van der Waals surface area contributed by atoms with Gasteiger partial charge in [-0.15, -0.1) is 0 Å². The topological polar surface area (TPSA) is 49.3 Å². The molecule has 0 aliphatic heterocycles. The predicted octanol–water partition coefficient (Wildman–Crippen LogP) is 0.811. The molecular weight excluding hydrogens is 200 g/mol. The molecule has 2 N–H and O–H groups in total. The zero-order valence-electron chi connectivity index (χ0n) is 5.07. The average Bonchev–Trinajstić information content (AvgIpc) is 1.60. The molecule has 0 aromatic rings. The second-order valence-corrected chi connectivity index (χ2v) is 4.01. The van der Waals surface area contributed by atoms with E-state index >= 15 is 0 Å². The molecule has 0 aliphatic rings. The van der Waals surface area contributed by atoms with Crippen molar-refractivity contribution in [2.75, 3.05) is 0 Å². The van der Waals surface area contributed by atoms with Crippen molar-refractivity contribution in [2.45, 2.75) is 16.9 Å². The number of hydrogen-bond donors (Lipinski definition) is 2. The highest BCUT2D eigenvalue weighted by molar-refractivity contribution is 6.68. The molecule has 6 heteroatoms. The van der Waals surface area contributed by atoms with Gasteiger partial charge in [-0.2, -0.15) is 0 Å². The van der Waals surface area contributed by atoms with Crippen LogP contribution in [0.3, 0.4) is 0 Å². The Morgan fingerprint density at radius 2 is 2.00 bits per heavy atom. The van der Waals surface area contributed by atoms with Crippen LogP contribution < -0.4 is 5.32 Å². The lowest BCUT2D eigenvalue weighted by atomic mass is 10.6. The molecular formula is C4H6Cl3NO2. The van der Waals surface area contributed by atoms with E-state index in [1.807, 2.05) is 5.32 Å². The summed E-state index contributed by atoms with van der Waals surface area (Å²) in [5.41, 5.74) is 0. The molecule has 0 aromatic carbocycles. The fraction of sp³-hybridized carbons (Fsp3) is 0.750. The van der Waals surface area contributed by atoms with Gasteiger partial charge in [-0.25, -0.2) is 0 Å². The summed E-state index contributed by atoms with van der Waals surface area (Å²) in [6.45, 7) is 1.21. The van der Waals surface area contributed by atoms with Gasteiger partial charge in [0.1, 0.15) is 0 Å². The monoisotopic (exact) mass is 205 g/mol. The second-order valence-electron chi connectivity index (χ2n) is 1.64. The Morgan fingerprint density at radius 3 is 2.10 bits per heavy atom. The molecule has 0 saturated carbocycles. The smallest absolute Gasteiger partial charge is 0.234 e. The maximum Gasteiger partial charge on any atom is 0.234 e. The van der Waals surface area contributed by atoms with Crippen molar-refractivity contribution in [1.29, 1.82) is 0 Å². The molecule has 1 atom stereocenters. The van der Waals surface area contributed by atoms with Gasteiger partial charge in [0.25, 0.3) is 0 Å². The number of aliphatic hydroxyl groups is 1. The van der Waals surface area contributed by atoms with Crippen LogP contribution >= 0.6 is 34.8 Å². The van der Waals surface area contributed by atoms with E-state index in [9.17, 15) is 4.79 Å². The molecule has 0 spiro atoms. The summed E-state index contributed by atoms with van der Waals surface area (Å²) in [5, 5.41) is 10.8. The van der Waals surface area contributed by atoms with Gasteiger partial charge in [-0.1, -0.05) is 34.8 Å². The first-order valence-electron chi connectivity index (χ1n) is 2.36. The number of nitrogens with one attached hydrogen (secondary N) is 1. The highest BCUT2D eigenvalue weighted by Crippen LogP contribution is 2.28. The molecule has 0 rings (SSSR count). The number of carbonyl (C=O) groups excluding carboxylic acids is 1. The Bertz CT molecular complexity index is 133. The fourth-order valence-corrected chi connectivity index (χ4v) is 0.438. The first kappa shape index (κ1) is 10.3. The summed E-state index contributed by atoms with van der Waals surface area (Å²) in [4.78, 5) is 10.3. The van der Waals surface area contributed by atoms with Gasteiger partial charge in [0.05, 0.1) is 0 Å². The third kappa shape index (κ3) is 4.17. The molecule has 3 nitrogen and oxygen atoms in total. The molecule has 1 amide bonds. The number of amides is 1. The normalized spacial score (nSPS) is 14.5. The summed E-state index contributed by atoms with van der Waals surface area (Å²) < 4.78 is -1.87. The Labute approximate surface area is 73.2 Å². The number of halogens is 3. The minimum atomic E-state index is -1.87. The van der Waals surface area contributed by atoms with Crippen LogP contribution in [0.2, 0.25) is 0 Å². The molecule has 0 aliphatic carbocycles. The lowest BCUT2D eigenvalue weighted by Gasteiger charge is -2.18. The van der Waals surface area contributed by atoms with Crippen LogP contribution in [0, 0.1) is 0 Å². The lowest BCUT2D eigenvalue weighted by molar-refractivity contribution is -0.121. The van der Waals surface area contributed by atoms with Crippen LogP contribution in [0.15, 0.2) is 0 Å². The van der Waals surface area contributed by atoms with Gasteiger partial charge in [-0.3, -0.25) is 4.79 Å². The molecule has 1 unspecified atom stereocenters. The van der Waals surface area contributed by atoms with Crippen LogP contribution in [-0.2, 0) is 4.79 Å². The quantitative estimate of drug-likeness (QED) is 0.493. The Morgan fingerprint density at radius 1 is 1.60 bits per heavy atom. The predicted molar refractivity (Wildman–Crippen MR) is 40.1 cm³/mol. The van der Waals surface area contributed by atoms with Crippen molar-refractivity contribution in [1.82, 2.24) is 5.32 Å². The second kappa shape index (κ2) is 3.62. The highest BCUT2D eigenvalue weighted by Gasteiger charge is 2.31. The third-order valence-corrected chi connectivity index (χ3v) is 1.27. The number of carbonyl (C=O) groups is 1.